The topological polar surface area (TPSA) is 108 Å². The van der Waals surface area contributed by atoms with Crippen LogP contribution in [-0.4, -0.2) is 44.0 Å². The van der Waals surface area contributed by atoms with Gasteiger partial charge in [0.1, 0.15) is 11.5 Å². The van der Waals surface area contributed by atoms with E-state index in [4.69, 9.17) is 4.74 Å². The first-order valence-electron chi connectivity index (χ1n) is 14.9. The molecule has 2 aliphatic rings. The molecule has 0 spiro atoms. The number of ether oxygens (including phenoxy) is 1. The Labute approximate surface area is 252 Å². The van der Waals surface area contributed by atoms with E-state index in [1.54, 1.807) is 30.3 Å². The van der Waals surface area contributed by atoms with Gasteiger partial charge in [-0.1, -0.05) is 61.0 Å². The normalized spacial score (nSPS) is 18.0. The lowest BCUT2D eigenvalue weighted by molar-refractivity contribution is -0.122. The second-order valence-electron chi connectivity index (χ2n) is 11.4. The molecule has 3 N–H and O–H groups in total. The molecule has 2 aliphatic heterocycles. The SMILES string of the molecule is O=C(CC(NS(=O)(=O)c1ccc2ccccc2c1)c1ccc(O)cc1)NC1CCOc2cc(CN3CCCCC3)ccc21. The molecule has 224 valence electrons. The van der Waals surface area contributed by atoms with Gasteiger partial charge in [-0.05, 0) is 78.2 Å². The lowest BCUT2D eigenvalue weighted by atomic mass is 9.97. The lowest BCUT2D eigenvalue weighted by Crippen LogP contribution is -2.36. The van der Waals surface area contributed by atoms with Crippen LogP contribution in [0.4, 0.5) is 0 Å². The fourth-order valence-electron chi connectivity index (χ4n) is 6.02. The van der Waals surface area contributed by atoms with E-state index in [0.717, 1.165) is 41.7 Å². The second kappa shape index (κ2) is 12.8. The molecule has 4 aromatic carbocycles. The first kappa shape index (κ1) is 29.2. The van der Waals surface area contributed by atoms with Gasteiger partial charge >= 0.3 is 0 Å². The van der Waals surface area contributed by atoms with Gasteiger partial charge in [0.15, 0.2) is 0 Å². The van der Waals surface area contributed by atoms with Crippen molar-refractivity contribution in [1.29, 1.82) is 0 Å². The summed E-state index contributed by atoms with van der Waals surface area (Å²) in [5.41, 5.74) is 2.70. The number of rotatable bonds is 9. The average Bonchev–Trinajstić information content (AvgIpc) is 3.01. The van der Waals surface area contributed by atoms with Crippen molar-refractivity contribution in [3.63, 3.8) is 0 Å². The van der Waals surface area contributed by atoms with Crippen LogP contribution in [0.25, 0.3) is 10.8 Å². The quantitative estimate of drug-likeness (QED) is 0.232. The standard InChI is InChI=1S/C34H37N3O5S/c38-28-12-9-26(10-13-28)32(36-43(40,41)29-14-11-25-6-2-3-7-27(25)21-29)22-34(39)35-31-16-19-42-33-20-24(8-15-30(31)33)23-37-17-4-1-5-18-37/h2-3,6-15,20-21,31-32,36,38H,1,4-5,16-19,22-23H2,(H,35,39). The second-order valence-corrected chi connectivity index (χ2v) is 13.2. The van der Waals surface area contributed by atoms with Crippen LogP contribution < -0.4 is 14.8 Å². The number of hydrogen-bond donors (Lipinski definition) is 3. The van der Waals surface area contributed by atoms with Crippen molar-refractivity contribution in [2.75, 3.05) is 19.7 Å². The van der Waals surface area contributed by atoms with Gasteiger partial charge in [-0.25, -0.2) is 13.1 Å². The number of fused-ring (bicyclic) bond motifs is 2. The molecule has 1 amide bonds. The molecule has 0 aliphatic carbocycles. The zero-order chi connectivity index (χ0) is 29.8. The minimum absolute atomic E-state index is 0.0582. The monoisotopic (exact) mass is 599 g/mol. The first-order chi connectivity index (χ1) is 20.8. The van der Waals surface area contributed by atoms with Gasteiger partial charge in [0.25, 0.3) is 0 Å². The third-order valence-electron chi connectivity index (χ3n) is 8.32. The van der Waals surface area contributed by atoms with Crippen LogP contribution in [0.1, 0.15) is 60.9 Å². The zero-order valence-electron chi connectivity index (χ0n) is 24.0. The van der Waals surface area contributed by atoms with E-state index in [1.807, 2.05) is 30.3 Å². The van der Waals surface area contributed by atoms with Crippen LogP contribution in [0.2, 0.25) is 0 Å². The van der Waals surface area contributed by atoms with Crippen LogP contribution in [0.3, 0.4) is 0 Å². The Morgan fingerprint density at radius 3 is 2.49 bits per heavy atom. The van der Waals surface area contributed by atoms with Crippen LogP contribution in [0.15, 0.2) is 89.8 Å². The summed E-state index contributed by atoms with van der Waals surface area (Å²) in [6.45, 7) is 3.60. The number of likely N-dealkylation sites (tertiary alicyclic amines) is 1. The molecule has 2 unspecified atom stereocenters. The number of benzene rings is 4. The van der Waals surface area contributed by atoms with E-state index in [-0.39, 0.29) is 29.0 Å². The van der Waals surface area contributed by atoms with E-state index in [2.05, 4.69) is 27.1 Å². The van der Waals surface area contributed by atoms with E-state index in [0.29, 0.717) is 18.6 Å². The third kappa shape index (κ3) is 7.01. The summed E-state index contributed by atoms with van der Waals surface area (Å²) in [7, 11) is -3.97. The maximum absolute atomic E-state index is 13.5. The van der Waals surface area contributed by atoms with Crippen molar-refractivity contribution in [3.8, 4) is 11.5 Å². The fraction of sp³-hybridized carbons (Fsp3) is 0.324. The van der Waals surface area contributed by atoms with Gasteiger partial charge in [0.2, 0.25) is 15.9 Å². The van der Waals surface area contributed by atoms with Gasteiger partial charge in [0, 0.05) is 24.9 Å². The van der Waals surface area contributed by atoms with Gasteiger partial charge in [-0.2, -0.15) is 0 Å². The van der Waals surface area contributed by atoms with E-state index in [1.165, 1.54) is 37.0 Å². The summed E-state index contributed by atoms with van der Waals surface area (Å²) in [5.74, 6) is 0.565. The third-order valence-corrected chi connectivity index (χ3v) is 9.79. The number of hydrogen-bond acceptors (Lipinski definition) is 6. The van der Waals surface area contributed by atoms with Crippen LogP contribution in [0, 0.1) is 0 Å². The largest absolute Gasteiger partial charge is 0.508 e. The number of aromatic hydroxyl groups is 1. The maximum atomic E-state index is 13.5. The summed E-state index contributed by atoms with van der Waals surface area (Å²) >= 11 is 0. The summed E-state index contributed by atoms with van der Waals surface area (Å²) in [6, 6.07) is 23.9. The Morgan fingerprint density at radius 2 is 1.70 bits per heavy atom. The molecule has 0 bridgehead atoms. The van der Waals surface area contributed by atoms with Crippen molar-refractivity contribution < 1.29 is 23.1 Å². The van der Waals surface area contributed by atoms with Crippen molar-refractivity contribution in [1.82, 2.24) is 14.9 Å². The highest BCUT2D eigenvalue weighted by Gasteiger charge is 2.28. The number of amides is 1. The predicted molar refractivity (Wildman–Crippen MR) is 166 cm³/mol. The highest BCUT2D eigenvalue weighted by Crippen LogP contribution is 2.34. The Bertz CT molecular complexity index is 1700. The van der Waals surface area contributed by atoms with Crippen LogP contribution >= 0.6 is 0 Å². The van der Waals surface area contributed by atoms with Gasteiger partial charge in [0.05, 0.1) is 23.6 Å². The predicted octanol–water partition coefficient (Wildman–Crippen LogP) is 5.58. The molecule has 2 heterocycles. The smallest absolute Gasteiger partial charge is 0.241 e. The maximum Gasteiger partial charge on any atom is 0.241 e. The molecule has 1 fully saturated rings. The van der Waals surface area contributed by atoms with E-state index >= 15 is 0 Å². The van der Waals surface area contributed by atoms with Gasteiger partial charge < -0.3 is 15.2 Å². The summed E-state index contributed by atoms with van der Waals surface area (Å²) in [4.78, 5) is 16.0. The molecule has 0 aromatic heterocycles. The summed E-state index contributed by atoms with van der Waals surface area (Å²) in [6.07, 6.45) is 4.27. The van der Waals surface area contributed by atoms with Crippen molar-refractivity contribution >= 4 is 26.7 Å². The van der Waals surface area contributed by atoms with Crippen LogP contribution in [0.5, 0.6) is 11.5 Å². The lowest BCUT2D eigenvalue weighted by Gasteiger charge is -2.29. The summed E-state index contributed by atoms with van der Waals surface area (Å²) < 4.78 is 35.8. The summed E-state index contributed by atoms with van der Waals surface area (Å²) in [5, 5.41) is 14.7. The van der Waals surface area contributed by atoms with Gasteiger partial charge in [-0.15, -0.1) is 0 Å². The molecule has 4 aromatic rings. The Morgan fingerprint density at radius 1 is 0.930 bits per heavy atom. The molecule has 1 saturated heterocycles. The minimum atomic E-state index is -3.97. The number of sulfonamides is 1. The Kier molecular flexibility index (Phi) is 8.65. The molecular formula is C34H37N3O5S. The fourth-order valence-corrected chi connectivity index (χ4v) is 7.28. The minimum Gasteiger partial charge on any atom is -0.508 e. The van der Waals surface area contributed by atoms with E-state index < -0.39 is 16.1 Å². The molecule has 9 heteroatoms. The van der Waals surface area contributed by atoms with Crippen molar-refractivity contribution in [2.24, 2.45) is 0 Å². The van der Waals surface area contributed by atoms with Crippen LogP contribution in [-0.2, 0) is 21.4 Å². The number of phenolic OH excluding ortho intramolecular Hbond substituents is 1. The number of carbonyl (C=O) groups excluding carboxylic acids is 1. The number of nitrogens with zero attached hydrogens (tertiary/aromatic N) is 1. The average molecular weight is 600 g/mol. The Balaban J connectivity index is 1.18. The number of piperidine rings is 1. The van der Waals surface area contributed by atoms with E-state index in [9.17, 15) is 18.3 Å². The van der Waals surface area contributed by atoms with Crippen molar-refractivity contribution in [2.45, 2.75) is 55.6 Å². The molecular weight excluding hydrogens is 562 g/mol. The molecule has 8 nitrogen and oxygen atoms in total. The highest BCUT2D eigenvalue weighted by molar-refractivity contribution is 7.89. The Hall–Kier alpha value is -3.92. The highest BCUT2D eigenvalue weighted by atomic mass is 32.2. The molecule has 2 atom stereocenters. The zero-order valence-corrected chi connectivity index (χ0v) is 24.9. The number of phenols is 1. The molecule has 43 heavy (non-hydrogen) atoms. The number of carbonyl (C=O) groups is 1. The number of nitrogens with one attached hydrogen (secondary N) is 2. The van der Waals surface area contributed by atoms with Crippen molar-refractivity contribution in [3.05, 3.63) is 102 Å². The molecule has 6 rings (SSSR count). The molecule has 0 radical (unpaired) electrons. The first-order valence-corrected chi connectivity index (χ1v) is 16.4. The van der Waals surface area contributed by atoms with Gasteiger partial charge in [-0.3, -0.25) is 9.69 Å². The molecule has 0 saturated carbocycles.